The van der Waals surface area contributed by atoms with Crippen LogP contribution in [0.5, 0.6) is 6.01 Å². The van der Waals surface area contributed by atoms with Crippen molar-refractivity contribution in [2.45, 2.75) is 136 Å². The number of carbonyl (C=O) groups excluding carboxylic acids is 2. The standard InChI is InChI=1S/C34H64N6O7.C25H26ClN5O2.C2H3N/c1-5-27-20-38(24-32(42)43)29(7-3)22-40(26-34(46)47)30(8-4)21-39(25-33(44)45)28(6-2)19-37(27)23-31(41)35-15-11-9-10-12-16-36-17-13-14-18-36;1-3-22(32)29-12-14-30(15-13-29)24-18-10-11-31(16-20(18)27-25(28-24)33-2)21-9-5-7-17-6-4-8-19(26)23(17)21;1-2-3/h27-30H,5-26H2,1-4H3,(H,35,41)(H,42,43)(H,44,45)(H,46,47);3-9H,1,10-16H2,2H3;1H3. The summed E-state index contributed by atoms with van der Waals surface area (Å²) in [5.41, 5.74) is 3.23. The smallest absolute Gasteiger partial charge is 0.318 e. The van der Waals surface area contributed by atoms with Crippen LogP contribution in [0, 0.1) is 11.3 Å². The summed E-state index contributed by atoms with van der Waals surface area (Å²) in [7, 11) is 1.59. The van der Waals surface area contributed by atoms with Crippen LogP contribution < -0.4 is 19.9 Å². The number of likely N-dealkylation sites (tertiary alicyclic amines) is 1. The van der Waals surface area contributed by atoms with E-state index in [1.807, 2.05) is 59.4 Å². The van der Waals surface area contributed by atoms with Gasteiger partial charge in [-0.3, -0.25) is 43.6 Å². The van der Waals surface area contributed by atoms with E-state index in [0.717, 1.165) is 90.4 Å². The van der Waals surface area contributed by atoms with E-state index in [-0.39, 0.29) is 62.2 Å². The third-order valence-electron chi connectivity index (χ3n) is 16.5. The van der Waals surface area contributed by atoms with Gasteiger partial charge in [-0.1, -0.05) is 83.0 Å². The minimum Gasteiger partial charge on any atom is -0.480 e. The normalized spacial score (nSPS) is 20.5. The molecule has 7 rings (SSSR count). The fraction of sp³-hybridized carbons (Fsp3) is 0.639. The number of hydrogen-bond acceptors (Lipinski definition) is 16. The number of carboxylic acids is 3. The highest BCUT2D eigenvalue weighted by molar-refractivity contribution is 6.36. The number of unbranched alkanes of at least 4 members (excludes halogenated alkanes) is 3. The number of halogens is 1. The van der Waals surface area contributed by atoms with E-state index >= 15 is 0 Å². The summed E-state index contributed by atoms with van der Waals surface area (Å²) in [5.74, 6) is -2.07. The lowest BCUT2D eigenvalue weighted by Crippen LogP contribution is -2.60. The predicted molar refractivity (Wildman–Crippen MR) is 325 cm³/mol. The van der Waals surface area contributed by atoms with Crippen LogP contribution in [-0.4, -0.2) is 227 Å². The maximum atomic E-state index is 13.4. The Kier molecular flexibility index (Phi) is 28.7. The molecule has 3 fully saturated rings. The molecule has 4 atom stereocenters. The Morgan fingerprint density at radius 2 is 1.22 bits per heavy atom. The van der Waals surface area contributed by atoms with Gasteiger partial charge in [0, 0.05) is 113 Å². The van der Waals surface area contributed by atoms with Gasteiger partial charge in [0.1, 0.15) is 5.82 Å². The van der Waals surface area contributed by atoms with Gasteiger partial charge < -0.3 is 45.0 Å². The number of anilines is 2. The first-order valence-corrected chi connectivity index (χ1v) is 30.3. The number of nitrogens with zero attached hydrogens (tertiary/aromatic N) is 11. The van der Waals surface area contributed by atoms with Crippen molar-refractivity contribution in [3.05, 3.63) is 65.3 Å². The summed E-state index contributed by atoms with van der Waals surface area (Å²) >= 11 is 6.59. The number of rotatable bonds is 23. The van der Waals surface area contributed by atoms with Crippen LogP contribution in [0.15, 0.2) is 49.1 Å². The number of carboxylic acid groups (broad SMARTS) is 3. The highest BCUT2D eigenvalue weighted by atomic mass is 35.5. The van der Waals surface area contributed by atoms with Crippen LogP contribution in [0.25, 0.3) is 10.8 Å². The molecule has 1 aromatic heterocycles. The summed E-state index contributed by atoms with van der Waals surface area (Å²) < 4.78 is 5.45. The van der Waals surface area contributed by atoms with E-state index in [1.165, 1.54) is 45.4 Å². The molecule has 2 aromatic carbocycles. The molecule has 458 valence electrons. The molecule has 21 nitrogen and oxygen atoms in total. The van der Waals surface area contributed by atoms with Crippen molar-refractivity contribution < 1.29 is 44.0 Å². The first-order valence-electron chi connectivity index (χ1n) is 29.9. The molecule has 0 spiro atoms. The highest BCUT2D eigenvalue weighted by Gasteiger charge is 2.36. The van der Waals surface area contributed by atoms with E-state index < -0.39 is 17.9 Å². The van der Waals surface area contributed by atoms with Crippen LogP contribution in [0.4, 0.5) is 11.5 Å². The molecule has 4 N–H and O–H groups in total. The second kappa shape index (κ2) is 35.2. The SMILES string of the molecule is C=CC(=O)N1CCN(c2nc(OC)nc3c2CCN(c2cccc4cccc(Cl)c24)C3)CC1.CC#N.CCC1CN(CC(=O)O)C(CC)CN(CC(=O)NCCCCCCN2CCCC2)C(CC)CN(CC(=O)O)C(CC)CN1CC(=O)O. The first-order chi connectivity index (χ1) is 40.0. The second-order valence-electron chi connectivity index (χ2n) is 21.9. The van der Waals surface area contributed by atoms with Gasteiger partial charge in [-0.2, -0.15) is 15.2 Å². The van der Waals surface area contributed by atoms with E-state index in [1.54, 1.807) is 13.2 Å². The van der Waals surface area contributed by atoms with Crippen molar-refractivity contribution >= 4 is 63.6 Å². The molecule has 22 heteroatoms. The van der Waals surface area contributed by atoms with Gasteiger partial charge in [-0.05, 0) is 101 Å². The minimum atomic E-state index is -0.974. The van der Waals surface area contributed by atoms with E-state index in [4.69, 9.17) is 31.6 Å². The summed E-state index contributed by atoms with van der Waals surface area (Å²) in [4.78, 5) is 87.6. The lowest BCUT2D eigenvalue weighted by Gasteiger charge is -2.45. The molecule has 0 bridgehead atoms. The molecule has 4 unspecified atom stereocenters. The zero-order valence-electron chi connectivity index (χ0n) is 50.2. The van der Waals surface area contributed by atoms with Gasteiger partial charge in [-0.25, -0.2) is 0 Å². The number of nitrogens with one attached hydrogen (secondary N) is 1. The lowest BCUT2D eigenvalue weighted by atomic mass is 10.0. The second-order valence-corrected chi connectivity index (χ2v) is 22.4. The Hall–Kier alpha value is -6.15. The molecule has 2 amide bonds. The van der Waals surface area contributed by atoms with Crippen molar-refractivity contribution in [1.29, 1.82) is 5.26 Å². The average Bonchev–Trinajstić information content (AvgIpc) is 4.16. The Bertz CT molecular complexity index is 2590. The number of fused-ring (bicyclic) bond motifs is 2. The largest absolute Gasteiger partial charge is 0.480 e. The van der Waals surface area contributed by atoms with Gasteiger partial charge in [0.05, 0.1) is 56.6 Å². The number of ether oxygens (including phenoxy) is 1. The van der Waals surface area contributed by atoms with Crippen molar-refractivity contribution in [1.82, 2.24) is 44.7 Å². The Morgan fingerprint density at radius 3 is 1.71 bits per heavy atom. The fourth-order valence-electron chi connectivity index (χ4n) is 12.0. The quantitative estimate of drug-likeness (QED) is 0.0580. The van der Waals surface area contributed by atoms with Crippen molar-refractivity contribution in [3.8, 4) is 12.1 Å². The number of carbonyl (C=O) groups is 5. The topological polar surface area (TPSA) is 243 Å². The number of benzene rings is 2. The lowest BCUT2D eigenvalue weighted by molar-refractivity contribution is -0.143. The van der Waals surface area contributed by atoms with Crippen molar-refractivity contribution in [2.24, 2.45) is 0 Å². The van der Waals surface area contributed by atoms with Crippen molar-refractivity contribution in [3.63, 3.8) is 0 Å². The average molecular weight is 1170 g/mol. The summed E-state index contributed by atoms with van der Waals surface area (Å²) in [6.07, 6.45) is 11.7. The number of nitriles is 1. The van der Waals surface area contributed by atoms with Crippen LogP contribution >= 0.6 is 11.6 Å². The number of hydrogen-bond donors (Lipinski definition) is 4. The van der Waals surface area contributed by atoms with Crippen molar-refractivity contribution in [2.75, 3.05) is 128 Å². The van der Waals surface area contributed by atoms with Gasteiger partial charge >= 0.3 is 23.9 Å². The molecule has 3 aromatic rings. The maximum absolute atomic E-state index is 13.4. The number of methoxy groups -OCH3 is 1. The number of amides is 2. The zero-order chi connectivity index (χ0) is 60.4. The minimum absolute atomic E-state index is 0.0265. The summed E-state index contributed by atoms with van der Waals surface area (Å²) in [6, 6.07) is 13.6. The molecule has 0 radical (unpaired) electrons. The molecular weight excluding hydrogens is 1080 g/mol. The summed E-state index contributed by atoms with van der Waals surface area (Å²) in [5, 5.41) is 42.9. The molecule has 0 saturated carbocycles. The van der Waals surface area contributed by atoms with Crippen LogP contribution in [0.1, 0.15) is 110 Å². The van der Waals surface area contributed by atoms with Gasteiger partial charge in [0.15, 0.2) is 0 Å². The maximum Gasteiger partial charge on any atom is 0.318 e. The molecule has 83 heavy (non-hydrogen) atoms. The number of aromatic nitrogens is 2. The first kappa shape index (κ1) is 67.6. The molecule has 5 heterocycles. The van der Waals surface area contributed by atoms with E-state index in [2.05, 4.69) is 55.8 Å². The van der Waals surface area contributed by atoms with Gasteiger partial charge in [-0.15, -0.1) is 0 Å². The molecule has 4 aliphatic heterocycles. The zero-order valence-corrected chi connectivity index (χ0v) is 50.9. The third kappa shape index (κ3) is 20.6. The Labute approximate surface area is 497 Å². The Morgan fingerprint density at radius 1 is 0.711 bits per heavy atom. The third-order valence-corrected chi connectivity index (χ3v) is 16.8. The predicted octanol–water partition coefficient (Wildman–Crippen LogP) is 6.57. The van der Waals surface area contributed by atoms with E-state index in [0.29, 0.717) is 84.1 Å². The molecule has 4 aliphatic rings. The fourth-order valence-corrected chi connectivity index (χ4v) is 12.3. The highest BCUT2D eigenvalue weighted by Crippen LogP contribution is 2.37. The molecule has 0 aliphatic carbocycles. The van der Waals surface area contributed by atoms with Crippen LogP contribution in [0.2, 0.25) is 5.02 Å². The monoisotopic (exact) mass is 1170 g/mol. The van der Waals surface area contributed by atoms with Crippen LogP contribution in [-0.2, 0) is 36.9 Å². The summed E-state index contributed by atoms with van der Waals surface area (Å²) in [6.45, 7) is 22.5. The number of aliphatic carboxylic acids is 3. The van der Waals surface area contributed by atoms with Gasteiger partial charge in [0.25, 0.3) is 0 Å². The van der Waals surface area contributed by atoms with E-state index in [9.17, 15) is 39.3 Å². The van der Waals surface area contributed by atoms with Crippen LogP contribution in [0.3, 0.4) is 0 Å². The Balaban J connectivity index is 0.000000304. The van der Waals surface area contributed by atoms with Gasteiger partial charge in [0.2, 0.25) is 11.8 Å². The molecule has 3 saturated heterocycles. The number of piperazine rings is 1. The molecular formula is C61H93ClN12O9.